The molecule has 0 fully saturated rings. The molecule has 0 amide bonds. The van der Waals surface area contributed by atoms with Crippen LogP contribution in [0.2, 0.25) is 10.0 Å². The summed E-state index contributed by atoms with van der Waals surface area (Å²) in [4.78, 5) is 4.22. The highest BCUT2D eigenvalue weighted by Crippen LogP contribution is 2.30. The summed E-state index contributed by atoms with van der Waals surface area (Å²) in [5.41, 5.74) is 6.46. The molecule has 0 radical (unpaired) electrons. The first kappa shape index (κ1) is 13.1. The predicted octanol–water partition coefficient (Wildman–Crippen LogP) is 3.47. The van der Waals surface area contributed by atoms with Crippen molar-refractivity contribution in [2.24, 2.45) is 5.73 Å². The van der Waals surface area contributed by atoms with Crippen LogP contribution in [0.25, 0.3) is 0 Å². The van der Waals surface area contributed by atoms with Crippen LogP contribution in [0.3, 0.4) is 0 Å². The van der Waals surface area contributed by atoms with Gasteiger partial charge in [-0.15, -0.1) is 0 Å². The number of aromatic nitrogens is 1. The van der Waals surface area contributed by atoms with Gasteiger partial charge in [-0.1, -0.05) is 29.3 Å². The lowest BCUT2D eigenvalue weighted by molar-refractivity contribution is 0.209. The van der Waals surface area contributed by atoms with E-state index in [1.807, 2.05) is 18.2 Å². The number of nitrogens with zero attached hydrogens (tertiary/aromatic N) is 1. The van der Waals surface area contributed by atoms with E-state index in [-0.39, 0.29) is 6.10 Å². The molecule has 2 N–H and O–H groups in total. The van der Waals surface area contributed by atoms with Crippen LogP contribution >= 0.6 is 23.2 Å². The van der Waals surface area contributed by atoms with Crippen LogP contribution in [0.5, 0.6) is 5.75 Å². The molecule has 0 aliphatic rings. The maximum atomic E-state index is 6.04. The van der Waals surface area contributed by atoms with E-state index in [1.165, 1.54) is 0 Å². The third-order valence-corrected chi connectivity index (χ3v) is 2.94. The number of nitrogens with two attached hydrogens (primary N) is 1. The lowest BCUT2D eigenvalue weighted by atomic mass is 10.2. The fraction of sp³-hybridized carbons (Fsp3) is 0.154. The Hall–Kier alpha value is -1.29. The van der Waals surface area contributed by atoms with Gasteiger partial charge in [0.1, 0.15) is 5.75 Å². The molecule has 18 heavy (non-hydrogen) atoms. The van der Waals surface area contributed by atoms with Gasteiger partial charge < -0.3 is 10.5 Å². The first-order valence-corrected chi connectivity index (χ1v) is 6.19. The molecule has 0 bridgehead atoms. The Bertz CT molecular complexity index is 520. The lowest BCUT2D eigenvalue weighted by Gasteiger charge is -2.17. The van der Waals surface area contributed by atoms with Gasteiger partial charge in [0.15, 0.2) is 6.10 Å². The van der Waals surface area contributed by atoms with E-state index in [0.717, 1.165) is 5.69 Å². The molecule has 1 unspecified atom stereocenters. The van der Waals surface area contributed by atoms with Crippen molar-refractivity contribution < 1.29 is 4.74 Å². The number of hydrogen-bond acceptors (Lipinski definition) is 3. The highest BCUT2D eigenvalue weighted by molar-refractivity contribution is 6.34. The summed E-state index contributed by atoms with van der Waals surface area (Å²) < 4.78 is 5.76. The molecule has 1 aromatic carbocycles. The molecule has 1 aromatic heterocycles. The Morgan fingerprint density at radius 1 is 1.22 bits per heavy atom. The van der Waals surface area contributed by atoms with Gasteiger partial charge in [0.2, 0.25) is 0 Å². The van der Waals surface area contributed by atoms with Crippen LogP contribution in [0.15, 0.2) is 42.6 Å². The molecule has 0 saturated carbocycles. The lowest BCUT2D eigenvalue weighted by Crippen LogP contribution is -2.19. The maximum Gasteiger partial charge on any atom is 0.153 e. The van der Waals surface area contributed by atoms with E-state index in [9.17, 15) is 0 Å². The Balaban J connectivity index is 2.23. The fourth-order valence-corrected chi connectivity index (χ4v) is 1.84. The molecule has 1 atom stereocenters. The van der Waals surface area contributed by atoms with E-state index < -0.39 is 0 Å². The molecular formula is C13H12Cl2N2O. The van der Waals surface area contributed by atoms with Crippen molar-refractivity contribution in [1.29, 1.82) is 0 Å². The summed E-state index contributed by atoms with van der Waals surface area (Å²) >= 11 is 11.9. The zero-order valence-corrected chi connectivity index (χ0v) is 11.0. The van der Waals surface area contributed by atoms with Crippen molar-refractivity contribution in [2.45, 2.75) is 6.10 Å². The molecule has 5 heteroatoms. The van der Waals surface area contributed by atoms with Crippen molar-refractivity contribution in [3.63, 3.8) is 0 Å². The second-order valence-electron chi connectivity index (χ2n) is 3.67. The SMILES string of the molecule is NCC(Oc1cc(Cl)ccc1Cl)c1ccccn1. The Kier molecular flexibility index (Phi) is 4.42. The summed E-state index contributed by atoms with van der Waals surface area (Å²) in [7, 11) is 0. The van der Waals surface area contributed by atoms with E-state index >= 15 is 0 Å². The van der Waals surface area contributed by atoms with Gasteiger partial charge in [-0.25, -0.2) is 0 Å². The first-order chi connectivity index (χ1) is 8.70. The normalized spacial score (nSPS) is 12.2. The van der Waals surface area contributed by atoms with E-state index in [0.29, 0.717) is 22.3 Å². The average molecular weight is 283 g/mol. The van der Waals surface area contributed by atoms with Crippen LogP contribution in [-0.4, -0.2) is 11.5 Å². The molecule has 3 nitrogen and oxygen atoms in total. The molecule has 0 saturated heterocycles. The van der Waals surface area contributed by atoms with Crippen molar-refractivity contribution in [3.05, 3.63) is 58.3 Å². The molecule has 0 spiro atoms. The smallest absolute Gasteiger partial charge is 0.153 e. The Morgan fingerprint density at radius 3 is 2.72 bits per heavy atom. The number of hydrogen-bond donors (Lipinski definition) is 1. The van der Waals surface area contributed by atoms with Crippen LogP contribution in [-0.2, 0) is 0 Å². The topological polar surface area (TPSA) is 48.1 Å². The summed E-state index contributed by atoms with van der Waals surface area (Å²) in [5, 5.41) is 1.06. The number of benzene rings is 1. The molecule has 2 aromatic rings. The highest BCUT2D eigenvalue weighted by Gasteiger charge is 2.14. The zero-order chi connectivity index (χ0) is 13.0. The molecule has 1 heterocycles. The van der Waals surface area contributed by atoms with Gasteiger partial charge in [0.25, 0.3) is 0 Å². The minimum Gasteiger partial charge on any atom is -0.481 e. The molecule has 0 aliphatic heterocycles. The van der Waals surface area contributed by atoms with E-state index in [1.54, 1.807) is 24.4 Å². The summed E-state index contributed by atoms with van der Waals surface area (Å²) in [6, 6.07) is 10.6. The van der Waals surface area contributed by atoms with Crippen LogP contribution in [0.1, 0.15) is 11.8 Å². The van der Waals surface area contributed by atoms with Gasteiger partial charge in [-0.3, -0.25) is 4.98 Å². The maximum absolute atomic E-state index is 6.04. The minimum atomic E-state index is -0.345. The number of pyridine rings is 1. The van der Waals surface area contributed by atoms with Gasteiger partial charge >= 0.3 is 0 Å². The minimum absolute atomic E-state index is 0.305. The van der Waals surface area contributed by atoms with Gasteiger partial charge in [0.05, 0.1) is 10.7 Å². The van der Waals surface area contributed by atoms with Crippen LogP contribution < -0.4 is 10.5 Å². The molecule has 94 valence electrons. The van der Waals surface area contributed by atoms with Crippen LogP contribution in [0, 0.1) is 0 Å². The Labute approximate surface area is 115 Å². The third kappa shape index (κ3) is 3.13. The standard InChI is InChI=1S/C13H12Cl2N2O/c14-9-4-5-10(15)12(7-9)18-13(8-16)11-3-1-2-6-17-11/h1-7,13H,8,16H2. The average Bonchev–Trinajstić information content (AvgIpc) is 2.41. The van der Waals surface area contributed by atoms with Crippen molar-refractivity contribution in [2.75, 3.05) is 6.54 Å². The number of rotatable bonds is 4. The number of halogens is 2. The monoisotopic (exact) mass is 282 g/mol. The summed E-state index contributed by atoms with van der Waals surface area (Å²) in [6.07, 6.45) is 1.35. The molecule has 0 aliphatic carbocycles. The number of ether oxygens (including phenoxy) is 1. The first-order valence-electron chi connectivity index (χ1n) is 5.43. The largest absolute Gasteiger partial charge is 0.481 e. The third-order valence-electron chi connectivity index (χ3n) is 2.39. The van der Waals surface area contributed by atoms with Crippen molar-refractivity contribution >= 4 is 23.2 Å². The van der Waals surface area contributed by atoms with Gasteiger partial charge in [-0.2, -0.15) is 0 Å². The Morgan fingerprint density at radius 2 is 2.06 bits per heavy atom. The summed E-state index contributed by atoms with van der Waals surface area (Å²) in [5.74, 6) is 0.505. The fourth-order valence-electron chi connectivity index (χ4n) is 1.52. The van der Waals surface area contributed by atoms with Gasteiger partial charge in [0, 0.05) is 23.8 Å². The zero-order valence-electron chi connectivity index (χ0n) is 9.51. The van der Waals surface area contributed by atoms with Crippen LogP contribution in [0.4, 0.5) is 0 Å². The predicted molar refractivity (Wildman–Crippen MR) is 73.1 cm³/mol. The highest BCUT2D eigenvalue weighted by atomic mass is 35.5. The summed E-state index contributed by atoms with van der Waals surface area (Å²) in [6.45, 7) is 0.305. The molecule has 2 rings (SSSR count). The van der Waals surface area contributed by atoms with Crippen molar-refractivity contribution in [1.82, 2.24) is 4.98 Å². The van der Waals surface area contributed by atoms with Gasteiger partial charge in [-0.05, 0) is 24.3 Å². The second-order valence-corrected chi connectivity index (χ2v) is 4.52. The quantitative estimate of drug-likeness (QED) is 0.934. The van der Waals surface area contributed by atoms with Crippen molar-refractivity contribution in [3.8, 4) is 5.75 Å². The molecular weight excluding hydrogens is 271 g/mol. The van der Waals surface area contributed by atoms with E-state index in [2.05, 4.69) is 4.98 Å². The van der Waals surface area contributed by atoms with E-state index in [4.69, 9.17) is 33.7 Å². The second kappa shape index (κ2) is 6.05.